The van der Waals surface area contributed by atoms with E-state index < -0.39 is 23.6 Å². The van der Waals surface area contributed by atoms with Gasteiger partial charge in [0, 0.05) is 12.4 Å². The molecule has 1 heterocycles. The zero-order chi connectivity index (χ0) is 17.3. The number of benzene rings is 1. The zero-order valence-corrected chi connectivity index (χ0v) is 13.6. The number of fused-ring (bicyclic) bond motifs is 1. The second-order valence-electron chi connectivity index (χ2n) is 6.21. The van der Waals surface area contributed by atoms with Crippen LogP contribution >= 0.6 is 0 Å². The van der Waals surface area contributed by atoms with Crippen molar-refractivity contribution in [3.8, 4) is 0 Å². The molecule has 0 aliphatic rings. The van der Waals surface area contributed by atoms with Gasteiger partial charge in [-0.05, 0) is 37.0 Å². The third-order valence-corrected chi connectivity index (χ3v) is 3.90. The van der Waals surface area contributed by atoms with E-state index in [4.69, 9.17) is 0 Å². The maximum Gasteiger partial charge on any atom is 0.270 e. The Labute approximate surface area is 133 Å². The van der Waals surface area contributed by atoms with Crippen LogP contribution in [0.15, 0.2) is 12.1 Å². The molecule has 0 bridgehead atoms. The first-order valence-electron chi connectivity index (χ1n) is 7.46. The Balaban J connectivity index is 2.40. The van der Waals surface area contributed by atoms with Crippen LogP contribution in [0.3, 0.4) is 0 Å². The molecule has 0 saturated heterocycles. The first-order chi connectivity index (χ1) is 10.8. The second-order valence-corrected chi connectivity index (χ2v) is 6.21. The minimum absolute atomic E-state index is 0.0244. The summed E-state index contributed by atoms with van der Waals surface area (Å²) in [6, 6.07) is 1.80. The molecule has 0 radical (unpaired) electrons. The van der Waals surface area contributed by atoms with Crippen LogP contribution in [0.2, 0.25) is 0 Å². The quantitative estimate of drug-likeness (QED) is 0.857. The maximum absolute atomic E-state index is 14.1. The molecule has 2 aromatic rings. The Kier molecular flexibility index (Phi) is 4.82. The first-order valence-corrected chi connectivity index (χ1v) is 7.46. The number of amides is 1. The number of aldehydes is 1. The van der Waals surface area contributed by atoms with Crippen molar-refractivity contribution in [3.63, 3.8) is 0 Å². The van der Waals surface area contributed by atoms with Crippen molar-refractivity contribution >= 4 is 23.1 Å². The molecular weight excluding hydrogens is 302 g/mol. The predicted molar refractivity (Wildman–Crippen MR) is 84.4 cm³/mol. The van der Waals surface area contributed by atoms with E-state index in [-0.39, 0.29) is 28.1 Å². The molecule has 2 rings (SSSR count). The lowest BCUT2D eigenvalue weighted by Gasteiger charge is -2.24. The van der Waals surface area contributed by atoms with Crippen molar-refractivity contribution in [1.82, 2.24) is 9.88 Å². The smallest absolute Gasteiger partial charge is 0.270 e. The van der Waals surface area contributed by atoms with Crippen LogP contribution in [0.1, 0.15) is 36.3 Å². The van der Waals surface area contributed by atoms with E-state index in [0.29, 0.717) is 12.7 Å². The average Bonchev–Trinajstić information content (AvgIpc) is 2.94. The summed E-state index contributed by atoms with van der Waals surface area (Å²) in [6.07, 6.45) is 1.24. The summed E-state index contributed by atoms with van der Waals surface area (Å²) >= 11 is 0. The lowest BCUT2D eigenvalue weighted by atomic mass is 10.0. The SMILES string of the molecule is Cc1cc(F)c2cc(C(=O)N(C)C(C=O)CC(C)C)[nH]c2c1F. The first kappa shape index (κ1) is 17.1. The van der Waals surface area contributed by atoms with Crippen molar-refractivity contribution in [3.05, 3.63) is 35.0 Å². The van der Waals surface area contributed by atoms with Crippen LogP contribution < -0.4 is 0 Å². The molecule has 23 heavy (non-hydrogen) atoms. The number of hydrogen-bond acceptors (Lipinski definition) is 2. The van der Waals surface area contributed by atoms with E-state index in [9.17, 15) is 18.4 Å². The number of hydrogen-bond donors (Lipinski definition) is 1. The number of halogens is 2. The summed E-state index contributed by atoms with van der Waals surface area (Å²) in [5.41, 5.74) is 0.182. The van der Waals surface area contributed by atoms with E-state index in [1.807, 2.05) is 13.8 Å². The van der Waals surface area contributed by atoms with Crippen LogP contribution in [0, 0.1) is 24.5 Å². The molecule has 1 aromatic heterocycles. The van der Waals surface area contributed by atoms with Crippen LogP contribution in [0.25, 0.3) is 10.9 Å². The molecule has 1 atom stereocenters. The summed E-state index contributed by atoms with van der Waals surface area (Å²) in [5, 5.41) is 0.0244. The fraction of sp³-hybridized carbons (Fsp3) is 0.412. The largest absolute Gasteiger partial charge is 0.348 e. The van der Waals surface area contributed by atoms with Gasteiger partial charge in [-0.25, -0.2) is 8.78 Å². The molecule has 1 N–H and O–H groups in total. The number of carbonyl (C=O) groups excluding carboxylic acids is 2. The van der Waals surface area contributed by atoms with Crippen molar-refractivity contribution in [1.29, 1.82) is 0 Å². The van der Waals surface area contributed by atoms with Gasteiger partial charge in [0.25, 0.3) is 5.91 Å². The Morgan fingerprint density at radius 3 is 2.57 bits per heavy atom. The Morgan fingerprint density at radius 1 is 1.35 bits per heavy atom. The standard InChI is InChI=1S/C17H20F2N2O2/c1-9(2)5-11(8-22)21(4)17(23)14-7-12-13(18)6-10(3)15(19)16(12)20-14/h6-9,11,20H,5H2,1-4H3. The van der Waals surface area contributed by atoms with Crippen molar-refractivity contribution in [2.24, 2.45) is 5.92 Å². The molecular formula is C17H20F2N2O2. The van der Waals surface area contributed by atoms with Crippen molar-refractivity contribution < 1.29 is 18.4 Å². The molecule has 0 aliphatic heterocycles. The third-order valence-electron chi connectivity index (χ3n) is 3.90. The number of likely N-dealkylation sites (N-methyl/N-ethyl adjacent to an activating group) is 1. The second kappa shape index (κ2) is 6.48. The van der Waals surface area contributed by atoms with Gasteiger partial charge in [-0.3, -0.25) is 4.79 Å². The maximum atomic E-state index is 14.1. The van der Waals surface area contributed by atoms with Crippen LogP contribution in [-0.2, 0) is 4.79 Å². The minimum Gasteiger partial charge on any atom is -0.348 e. The number of aryl methyl sites for hydroxylation is 1. The normalized spacial score (nSPS) is 12.7. The van der Waals surface area contributed by atoms with Gasteiger partial charge in [-0.15, -0.1) is 0 Å². The Morgan fingerprint density at radius 2 is 2.00 bits per heavy atom. The number of carbonyl (C=O) groups is 2. The van der Waals surface area contributed by atoms with Gasteiger partial charge in [0.2, 0.25) is 0 Å². The van der Waals surface area contributed by atoms with E-state index in [1.54, 1.807) is 0 Å². The van der Waals surface area contributed by atoms with E-state index in [0.717, 1.165) is 6.07 Å². The predicted octanol–water partition coefficient (Wildman–Crippen LogP) is 3.44. The molecule has 1 amide bonds. The summed E-state index contributed by atoms with van der Waals surface area (Å²) in [6.45, 7) is 5.36. The van der Waals surface area contributed by atoms with Gasteiger partial charge in [0.15, 0.2) is 0 Å². The molecule has 0 fully saturated rings. The highest BCUT2D eigenvalue weighted by Gasteiger charge is 2.24. The highest BCUT2D eigenvalue weighted by Crippen LogP contribution is 2.25. The highest BCUT2D eigenvalue weighted by atomic mass is 19.1. The lowest BCUT2D eigenvalue weighted by Crippen LogP contribution is -2.39. The Bertz CT molecular complexity index is 753. The van der Waals surface area contributed by atoms with Gasteiger partial charge < -0.3 is 14.7 Å². The van der Waals surface area contributed by atoms with Crippen molar-refractivity contribution in [2.45, 2.75) is 33.2 Å². The topological polar surface area (TPSA) is 53.2 Å². The number of rotatable bonds is 5. The number of nitrogens with zero attached hydrogens (tertiary/aromatic N) is 1. The fourth-order valence-electron chi connectivity index (χ4n) is 2.59. The van der Waals surface area contributed by atoms with E-state index in [2.05, 4.69) is 4.98 Å². The molecule has 1 unspecified atom stereocenters. The van der Waals surface area contributed by atoms with Gasteiger partial charge in [0.05, 0.1) is 11.6 Å². The third kappa shape index (κ3) is 3.25. The molecule has 6 heteroatoms. The zero-order valence-electron chi connectivity index (χ0n) is 13.6. The van der Waals surface area contributed by atoms with Crippen LogP contribution in [0.4, 0.5) is 8.78 Å². The fourth-order valence-corrected chi connectivity index (χ4v) is 2.59. The summed E-state index contributed by atoms with van der Waals surface area (Å²) in [4.78, 5) is 27.6. The van der Waals surface area contributed by atoms with Gasteiger partial charge in [0.1, 0.15) is 23.6 Å². The summed E-state index contributed by atoms with van der Waals surface area (Å²) in [7, 11) is 1.51. The Hall–Kier alpha value is -2.24. The van der Waals surface area contributed by atoms with Gasteiger partial charge >= 0.3 is 0 Å². The number of aromatic nitrogens is 1. The molecule has 0 saturated carbocycles. The van der Waals surface area contributed by atoms with Crippen LogP contribution in [0.5, 0.6) is 0 Å². The molecule has 0 spiro atoms. The van der Waals surface area contributed by atoms with Gasteiger partial charge in [-0.2, -0.15) is 0 Å². The number of aromatic amines is 1. The highest BCUT2D eigenvalue weighted by molar-refractivity contribution is 5.99. The van der Waals surface area contributed by atoms with Gasteiger partial charge in [-0.1, -0.05) is 13.8 Å². The molecule has 0 aliphatic carbocycles. The molecule has 4 nitrogen and oxygen atoms in total. The minimum atomic E-state index is -0.592. The molecule has 124 valence electrons. The lowest BCUT2D eigenvalue weighted by molar-refractivity contribution is -0.111. The summed E-state index contributed by atoms with van der Waals surface area (Å²) < 4.78 is 28.0. The summed E-state index contributed by atoms with van der Waals surface area (Å²) in [5.74, 6) is -1.42. The monoisotopic (exact) mass is 322 g/mol. The number of nitrogens with one attached hydrogen (secondary N) is 1. The van der Waals surface area contributed by atoms with E-state index in [1.165, 1.54) is 24.9 Å². The number of H-pyrrole nitrogens is 1. The van der Waals surface area contributed by atoms with Crippen LogP contribution in [-0.4, -0.2) is 35.2 Å². The van der Waals surface area contributed by atoms with E-state index >= 15 is 0 Å². The average molecular weight is 322 g/mol. The molecule has 1 aromatic carbocycles. The van der Waals surface area contributed by atoms with Crippen molar-refractivity contribution in [2.75, 3.05) is 7.05 Å².